The van der Waals surface area contributed by atoms with Gasteiger partial charge in [0, 0.05) is 115 Å². The summed E-state index contributed by atoms with van der Waals surface area (Å²) in [6.07, 6.45) is 0. The first-order valence-electron chi connectivity index (χ1n) is 50.4. The van der Waals surface area contributed by atoms with E-state index in [1.807, 2.05) is 0 Å². The summed E-state index contributed by atoms with van der Waals surface area (Å²) in [5, 5.41) is 14.1. The van der Waals surface area contributed by atoms with E-state index in [1.165, 1.54) is 182 Å². The van der Waals surface area contributed by atoms with E-state index in [0.717, 1.165) is 99.5 Å². The minimum Gasteiger partial charge on any atom is -0.309 e. The van der Waals surface area contributed by atoms with E-state index in [9.17, 15) is 0 Å². The highest BCUT2D eigenvalue weighted by molar-refractivity contribution is 6.18. The van der Waals surface area contributed by atoms with Crippen LogP contribution < -0.4 is 0 Å². The van der Waals surface area contributed by atoms with Crippen molar-refractivity contribution in [2.45, 2.75) is 77.0 Å². The summed E-state index contributed by atoms with van der Waals surface area (Å²) in [5.74, 6) is 1.60. The van der Waals surface area contributed by atoms with Crippen molar-refractivity contribution in [3.63, 3.8) is 0 Å². The van der Waals surface area contributed by atoms with Crippen LogP contribution in [0.5, 0.6) is 0 Å². The lowest BCUT2D eigenvalue weighted by molar-refractivity contribution is 0.660. The summed E-state index contributed by atoms with van der Waals surface area (Å²) in [4.78, 5) is 17.4. The maximum Gasteiger partial charge on any atom is 0.240 e. The smallest absolute Gasteiger partial charge is 0.240 e. The Labute approximate surface area is 831 Å². The second-order valence-corrected chi connectivity index (χ2v) is 42.6. The summed E-state index contributed by atoms with van der Waals surface area (Å²) >= 11 is 0. The summed E-state index contributed by atoms with van der Waals surface area (Å²) < 4.78 is 14.4. The number of nitrogens with zero attached hydrogens (tertiary/aromatic N) is 9. The van der Waals surface area contributed by atoms with Crippen molar-refractivity contribution in [1.82, 2.24) is 42.4 Å². The molecule has 144 heavy (non-hydrogen) atoms. The third kappa shape index (κ3) is 11.1. The van der Waals surface area contributed by atoms with Crippen LogP contribution >= 0.6 is 0 Å². The summed E-state index contributed by atoms with van der Waals surface area (Å²) in [7, 11) is 0. The quantitative estimate of drug-likeness (QED) is 0.137. The molecule has 31 rings (SSSR count). The first-order valence-corrected chi connectivity index (χ1v) is 50.4. The molecule has 4 aliphatic carbocycles. The zero-order valence-corrected chi connectivity index (χ0v) is 80.9. The number of hydrogen-bond acceptors (Lipinski definition) is 3. The SMILES string of the molecule is CC1(C)c2ccccc2-c2ccc(-n3c4ccccc4c4cc(-c5ccc6c(c5)c5ccccc5n6-c5ccc6c(c5)C(C)(C)c5cc(-c7nc(-n8c9ccccc9c9cc(-c%10ccc%11c(c%10)c%10ccccc%10n%11-c%10ccc%11c(c%10)C(C)(C)c%10ccccc%10-%11)ccc98)nc(-n8c9ccccc9c9cc(-c%10ccc%11c(c%10)c%10ccccc%10n%11-c%10ccc%11c(c%10)C(C)(C)c%10ccccc%10-%11)ccc98)n7)ccc5-6)ccc43)cc21. The molecule has 0 N–H and O–H groups in total. The van der Waals surface area contributed by atoms with Crippen molar-refractivity contribution in [2.24, 2.45) is 0 Å². The summed E-state index contributed by atoms with van der Waals surface area (Å²) in [6, 6.07) is 157. The molecule has 0 radical (unpaired) electrons. The third-order valence-electron chi connectivity index (χ3n) is 33.7. The van der Waals surface area contributed by atoms with Crippen molar-refractivity contribution in [2.75, 3.05) is 0 Å². The Balaban J connectivity index is 0.531. The topological polar surface area (TPSA) is 68.2 Å². The van der Waals surface area contributed by atoms with E-state index in [1.54, 1.807) is 0 Å². The van der Waals surface area contributed by atoms with Crippen molar-refractivity contribution >= 4 is 131 Å². The third-order valence-corrected chi connectivity index (χ3v) is 33.7. The molecule has 0 bridgehead atoms. The van der Waals surface area contributed by atoms with Gasteiger partial charge in [-0.2, -0.15) is 15.0 Å². The first-order chi connectivity index (χ1) is 70.4. The fourth-order valence-corrected chi connectivity index (χ4v) is 26.6. The first kappa shape index (κ1) is 81.1. The van der Waals surface area contributed by atoms with Crippen molar-refractivity contribution in [3.05, 3.63) is 463 Å². The molecule has 7 aromatic heterocycles. The van der Waals surface area contributed by atoms with Crippen LogP contribution in [-0.4, -0.2) is 42.4 Å². The Morgan fingerprint density at radius 1 is 0.146 bits per heavy atom. The molecule has 4 aliphatic rings. The van der Waals surface area contributed by atoms with Gasteiger partial charge in [0.1, 0.15) is 0 Å². The second-order valence-electron chi connectivity index (χ2n) is 42.6. The van der Waals surface area contributed by atoms with Crippen molar-refractivity contribution in [3.8, 4) is 124 Å². The molecule has 9 nitrogen and oxygen atoms in total. The average Bonchev–Trinajstić information content (AvgIpc) is 1.56. The van der Waals surface area contributed by atoms with Gasteiger partial charge in [-0.25, -0.2) is 0 Å². The van der Waals surface area contributed by atoms with E-state index >= 15 is 0 Å². The molecule has 0 saturated heterocycles. The Bertz CT molecular complexity index is 10100. The predicted octanol–water partition coefficient (Wildman–Crippen LogP) is 34.3. The molecule has 0 aliphatic heterocycles. The van der Waals surface area contributed by atoms with Crippen LogP contribution in [0.4, 0.5) is 0 Å². The lowest BCUT2D eigenvalue weighted by Crippen LogP contribution is -2.16. The molecule has 20 aromatic carbocycles. The molecular weight excluding hydrogens is 1750 g/mol. The fourth-order valence-electron chi connectivity index (χ4n) is 26.6. The summed E-state index contributed by atoms with van der Waals surface area (Å²) in [6.45, 7) is 19.0. The number of rotatable bonds is 10. The molecule has 0 atom stereocenters. The van der Waals surface area contributed by atoms with Gasteiger partial charge in [0.15, 0.2) is 5.82 Å². The number of benzene rings is 20. The maximum atomic E-state index is 5.84. The maximum absolute atomic E-state index is 5.84. The molecule has 678 valence electrons. The van der Waals surface area contributed by atoms with Gasteiger partial charge >= 0.3 is 0 Å². The average molecular weight is 1840 g/mol. The number of hydrogen-bond donors (Lipinski definition) is 0. The zero-order valence-electron chi connectivity index (χ0n) is 80.9. The monoisotopic (exact) mass is 1840 g/mol. The van der Waals surface area contributed by atoms with Crippen LogP contribution in [0.25, 0.3) is 255 Å². The highest BCUT2D eigenvalue weighted by atomic mass is 15.3. The highest BCUT2D eigenvalue weighted by Crippen LogP contribution is 2.57. The minimum absolute atomic E-state index is 0.116. The van der Waals surface area contributed by atoms with Crippen LogP contribution in [0, 0.1) is 0 Å². The molecule has 7 heterocycles. The predicted molar refractivity (Wildman–Crippen MR) is 598 cm³/mol. The van der Waals surface area contributed by atoms with Gasteiger partial charge in [-0.05, 0) is 286 Å². The standard InChI is InChI=1S/C135H93N9/c1-132(2)109-36-18-9-27-89(109)93-57-52-85(74-113(93)132)139-117-39-21-12-30-97(117)103-67-78(46-61-123(103)139)79-47-62-126-104(68-79)100-33-15-24-42-120(100)142(126)88-55-60-96-92-56-45-84(73-112(92)135(7,8)116(96)77-88)129-136-130(143-121-43-25-16-34-101(121)107-71-82(50-65-127(107)143)80-48-63-124-105(69-80)98-31-13-22-40-118(98)140(124)86-53-58-94-90-28-10-19-37-110(90)133(3,4)114(94)75-86)138-131(137-129)144-122-44-26-17-35-102(122)108-72-83(51-66-128(108)144)81-49-64-125-106(70-81)99-32-14-23-41-119(99)141(125)87-54-59-95-91-29-11-20-38-111(91)134(5,6)115(95)76-87/h9-77H,1-8H3. The normalized spacial score (nSPS) is 14.3. The summed E-state index contributed by atoms with van der Waals surface area (Å²) in [5.41, 5.74) is 45.9. The van der Waals surface area contributed by atoms with Gasteiger partial charge in [-0.15, -0.1) is 0 Å². The lowest BCUT2D eigenvalue weighted by atomic mass is 9.82. The number of aromatic nitrogens is 9. The Morgan fingerprint density at radius 3 is 0.611 bits per heavy atom. The second kappa shape index (κ2) is 29.0. The molecule has 0 unspecified atom stereocenters. The van der Waals surface area contributed by atoms with Gasteiger partial charge < -0.3 is 18.3 Å². The van der Waals surface area contributed by atoms with Gasteiger partial charge in [-0.3, -0.25) is 9.13 Å². The number of fused-ring (bicyclic) bond motifs is 30. The van der Waals surface area contributed by atoms with Gasteiger partial charge in [0.05, 0.1) is 66.2 Å². The van der Waals surface area contributed by atoms with E-state index < -0.39 is 5.41 Å². The van der Waals surface area contributed by atoms with E-state index in [4.69, 9.17) is 15.0 Å². The minimum atomic E-state index is -0.454. The van der Waals surface area contributed by atoms with Crippen LogP contribution in [0.3, 0.4) is 0 Å². The van der Waals surface area contributed by atoms with Gasteiger partial charge in [-0.1, -0.05) is 310 Å². The van der Waals surface area contributed by atoms with Gasteiger partial charge in [0.2, 0.25) is 11.9 Å². The van der Waals surface area contributed by atoms with Crippen LogP contribution in [0.1, 0.15) is 99.9 Å². The Morgan fingerprint density at radius 2 is 0.340 bits per heavy atom. The Kier molecular flexibility index (Phi) is 16.3. The van der Waals surface area contributed by atoms with Crippen molar-refractivity contribution in [1.29, 1.82) is 0 Å². The molecule has 0 spiro atoms. The van der Waals surface area contributed by atoms with Crippen LogP contribution in [-0.2, 0) is 21.7 Å². The van der Waals surface area contributed by atoms with Gasteiger partial charge in [0.25, 0.3) is 0 Å². The molecule has 0 amide bonds. The van der Waals surface area contributed by atoms with E-state index in [2.05, 4.69) is 501 Å². The van der Waals surface area contributed by atoms with Crippen LogP contribution in [0.2, 0.25) is 0 Å². The van der Waals surface area contributed by atoms with Crippen LogP contribution in [0.15, 0.2) is 419 Å². The molecular formula is C135H93N9. The molecule has 0 saturated carbocycles. The Hall–Kier alpha value is -17.8. The van der Waals surface area contributed by atoms with Crippen molar-refractivity contribution < 1.29 is 0 Å². The van der Waals surface area contributed by atoms with E-state index in [-0.39, 0.29) is 16.2 Å². The zero-order chi connectivity index (χ0) is 95.6. The molecule has 0 fully saturated rings. The number of para-hydroxylation sites is 6. The van der Waals surface area contributed by atoms with E-state index in [0.29, 0.717) is 17.7 Å². The molecule has 9 heteroatoms. The highest BCUT2D eigenvalue weighted by Gasteiger charge is 2.42. The fraction of sp³-hybridized carbons (Fsp3) is 0.0889. The molecule has 27 aromatic rings. The lowest BCUT2D eigenvalue weighted by Gasteiger charge is -2.23. The largest absolute Gasteiger partial charge is 0.309 e.